The highest BCUT2D eigenvalue weighted by Gasteiger charge is 1.97. The average Bonchev–Trinajstić information content (AvgIpc) is 1.82. The van der Waals surface area contributed by atoms with Gasteiger partial charge in [-0.15, -0.1) is 0 Å². The second kappa shape index (κ2) is 2.96. The predicted molar refractivity (Wildman–Crippen MR) is 52.5 cm³/mol. The largest absolute Gasteiger partial charge is 0.273 e. The zero-order valence-corrected chi connectivity index (χ0v) is 8.39. The van der Waals surface area contributed by atoms with E-state index in [-0.39, 0.29) is 5.56 Å². The molecule has 0 amide bonds. The third kappa shape index (κ3) is 1.54. The zero-order valence-electron chi connectivity index (χ0n) is 5.34. The molecule has 0 atom stereocenters. The molecule has 0 saturated heterocycles. The maximum absolute atomic E-state index is 11.0. The smallest absolute Gasteiger partial charge is 0.267 e. The number of nitrogens with zero attached hydrogens (tertiary/aromatic N) is 1. The summed E-state index contributed by atoms with van der Waals surface area (Å²) >= 11 is 5.93. The first-order valence-corrected chi connectivity index (χ1v) is 4.17. The van der Waals surface area contributed by atoms with Gasteiger partial charge in [0, 0.05) is 6.20 Å². The number of hydrogen-bond acceptors (Lipinski definition) is 2. The fourth-order valence-corrected chi connectivity index (χ4v) is 1.89. The fraction of sp³-hybridized carbons (Fsp3) is 0.167. The Morgan fingerprint density at radius 1 is 1.70 bits per heavy atom. The summed E-state index contributed by atoms with van der Waals surface area (Å²) in [6, 6.07) is 1.83. The van der Waals surface area contributed by atoms with Crippen molar-refractivity contribution in [3.05, 3.63) is 31.8 Å². The molecule has 0 aliphatic rings. The zero-order chi connectivity index (χ0) is 7.72. The quantitative estimate of drug-likeness (QED) is 0.558. The van der Waals surface area contributed by atoms with E-state index in [1.807, 2.05) is 35.6 Å². The summed E-state index contributed by atoms with van der Waals surface area (Å²) < 4.78 is 1.99. The molecule has 0 aliphatic heterocycles. The second-order valence-corrected chi connectivity index (χ2v) is 3.61. The number of rotatable bonds is 0. The Balaban J connectivity index is 3.46. The first-order chi connectivity index (χ1) is 4.61. The van der Waals surface area contributed by atoms with Gasteiger partial charge in [-0.2, -0.15) is 0 Å². The maximum atomic E-state index is 11.0. The minimum absolute atomic E-state index is 0.0606. The van der Waals surface area contributed by atoms with Crippen molar-refractivity contribution in [3.8, 4) is 0 Å². The SMILES string of the molecule is Cc1cc(I)c(=O)n(S)c1. The van der Waals surface area contributed by atoms with Gasteiger partial charge in [0.05, 0.1) is 3.57 Å². The molecule has 0 radical (unpaired) electrons. The van der Waals surface area contributed by atoms with Crippen LogP contribution >= 0.6 is 35.4 Å². The molecule has 4 heteroatoms. The van der Waals surface area contributed by atoms with Crippen LogP contribution in [0.1, 0.15) is 5.56 Å². The minimum Gasteiger partial charge on any atom is -0.267 e. The van der Waals surface area contributed by atoms with Gasteiger partial charge in [0.25, 0.3) is 5.56 Å². The van der Waals surface area contributed by atoms with Crippen LogP contribution in [0.5, 0.6) is 0 Å². The first-order valence-electron chi connectivity index (χ1n) is 2.69. The van der Waals surface area contributed by atoms with Crippen LogP contribution in [0, 0.1) is 10.5 Å². The van der Waals surface area contributed by atoms with Crippen molar-refractivity contribution in [3.63, 3.8) is 0 Å². The third-order valence-corrected chi connectivity index (χ3v) is 2.16. The molecule has 1 aromatic heterocycles. The summed E-state index contributed by atoms with van der Waals surface area (Å²) in [6.07, 6.45) is 1.69. The molecule has 10 heavy (non-hydrogen) atoms. The molecule has 1 aromatic rings. The lowest BCUT2D eigenvalue weighted by molar-refractivity contribution is 1.11. The Labute approximate surface area is 77.9 Å². The van der Waals surface area contributed by atoms with E-state index in [0.29, 0.717) is 3.57 Å². The second-order valence-electron chi connectivity index (χ2n) is 2.02. The van der Waals surface area contributed by atoms with Gasteiger partial charge in [-0.3, -0.25) is 8.77 Å². The lowest BCUT2D eigenvalue weighted by atomic mass is 10.3. The normalized spacial score (nSPS) is 9.90. The van der Waals surface area contributed by atoms with E-state index >= 15 is 0 Å². The maximum Gasteiger partial charge on any atom is 0.273 e. The Morgan fingerprint density at radius 3 is 2.80 bits per heavy atom. The molecule has 0 aliphatic carbocycles. The Morgan fingerprint density at radius 2 is 2.30 bits per heavy atom. The molecule has 0 spiro atoms. The van der Waals surface area contributed by atoms with Gasteiger partial charge in [-0.1, -0.05) is 12.8 Å². The Kier molecular flexibility index (Phi) is 2.40. The number of aromatic nitrogens is 1. The van der Waals surface area contributed by atoms with Gasteiger partial charge in [-0.05, 0) is 41.1 Å². The van der Waals surface area contributed by atoms with Gasteiger partial charge in [0.2, 0.25) is 0 Å². The molecule has 0 N–H and O–H groups in total. The molecule has 0 unspecified atom stereocenters. The Bertz CT molecular complexity index is 281. The van der Waals surface area contributed by atoms with E-state index in [1.165, 1.54) is 3.97 Å². The molecular formula is C6H6INOS. The van der Waals surface area contributed by atoms with Crippen molar-refractivity contribution in [2.24, 2.45) is 0 Å². The number of aryl methyl sites for hydroxylation is 1. The molecule has 54 valence electrons. The minimum atomic E-state index is -0.0606. The number of thiol groups is 1. The predicted octanol–water partition coefficient (Wildman–Crippen LogP) is 1.45. The average molecular weight is 267 g/mol. The fourth-order valence-electron chi connectivity index (χ4n) is 0.660. The molecule has 0 saturated carbocycles. The van der Waals surface area contributed by atoms with Gasteiger partial charge in [0.15, 0.2) is 0 Å². The third-order valence-electron chi connectivity index (χ3n) is 1.09. The molecule has 0 aromatic carbocycles. The number of hydrogen-bond donors (Lipinski definition) is 1. The van der Waals surface area contributed by atoms with Crippen molar-refractivity contribution in [1.82, 2.24) is 3.97 Å². The topological polar surface area (TPSA) is 22.0 Å². The molecule has 1 rings (SSSR count). The summed E-state index contributed by atoms with van der Waals surface area (Å²) in [5.74, 6) is 0. The summed E-state index contributed by atoms with van der Waals surface area (Å²) in [6.45, 7) is 1.92. The van der Waals surface area contributed by atoms with Crippen LogP contribution in [0.15, 0.2) is 17.1 Å². The van der Waals surface area contributed by atoms with Crippen LogP contribution in [-0.2, 0) is 0 Å². The van der Waals surface area contributed by atoms with Crippen LogP contribution < -0.4 is 5.56 Å². The van der Waals surface area contributed by atoms with Crippen molar-refractivity contribution in [1.29, 1.82) is 0 Å². The van der Waals surface area contributed by atoms with Crippen molar-refractivity contribution >= 4 is 35.4 Å². The first kappa shape index (κ1) is 8.13. The van der Waals surface area contributed by atoms with E-state index in [4.69, 9.17) is 0 Å². The van der Waals surface area contributed by atoms with E-state index in [0.717, 1.165) is 5.56 Å². The van der Waals surface area contributed by atoms with Crippen molar-refractivity contribution in [2.75, 3.05) is 0 Å². The van der Waals surface area contributed by atoms with Gasteiger partial charge < -0.3 is 0 Å². The highest BCUT2D eigenvalue weighted by molar-refractivity contribution is 14.1. The van der Waals surface area contributed by atoms with E-state index in [9.17, 15) is 4.79 Å². The van der Waals surface area contributed by atoms with Crippen LogP contribution in [0.4, 0.5) is 0 Å². The standard InChI is InChI=1S/C6H6INOS/c1-4-2-5(7)6(9)8(10)3-4/h2-3,10H,1H3. The summed E-state index contributed by atoms with van der Waals surface area (Å²) in [5, 5.41) is 0. The van der Waals surface area contributed by atoms with E-state index < -0.39 is 0 Å². The van der Waals surface area contributed by atoms with Crippen molar-refractivity contribution in [2.45, 2.75) is 6.92 Å². The summed E-state index contributed by atoms with van der Waals surface area (Å²) in [5.41, 5.74) is 0.980. The van der Waals surface area contributed by atoms with Crippen LogP contribution in [-0.4, -0.2) is 3.97 Å². The molecule has 0 bridgehead atoms. The lowest BCUT2D eigenvalue weighted by Crippen LogP contribution is -2.15. The molecule has 1 heterocycles. The van der Waals surface area contributed by atoms with E-state index in [1.54, 1.807) is 6.20 Å². The lowest BCUT2D eigenvalue weighted by Gasteiger charge is -1.97. The number of pyridine rings is 1. The molecular weight excluding hydrogens is 261 g/mol. The van der Waals surface area contributed by atoms with Crippen LogP contribution in [0.2, 0.25) is 0 Å². The van der Waals surface area contributed by atoms with Gasteiger partial charge in [0.1, 0.15) is 0 Å². The Hall–Kier alpha value is 0.0300. The monoisotopic (exact) mass is 267 g/mol. The number of halogens is 1. The highest BCUT2D eigenvalue weighted by Crippen LogP contribution is 2.01. The van der Waals surface area contributed by atoms with Crippen molar-refractivity contribution < 1.29 is 0 Å². The van der Waals surface area contributed by atoms with Crippen LogP contribution in [0.25, 0.3) is 0 Å². The van der Waals surface area contributed by atoms with Gasteiger partial charge in [-0.25, -0.2) is 0 Å². The highest BCUT2D eigenvalue weighted by atomic mass is 127. The summed E-state index contributed by atoms with van der Waals surface area (Å²) in [4.78, 5) is 11.0. The summed E-state index contributed by atoms with van der Waals surface area (Å²) in [7, 11) is 0. The van der Waals surface area contributed by atoms with Gasteiger partial charge >= 0.3 is 0 Å². The molecule has 2 nitrogen and oxygen atoms in total. The molecule has 0 fully saturated rings. The van der Waals surface area contributed by atoms with E-state index in [2.05, 4.69) is 12.8 Å². The van der Waals surface area contributed by atoms with Crippen LogP contribution in [0.3, 0.4) is 0 Å².